The summed E-state index contributed by atoms with van der Waals surface area (Å²) in [4.78, 5) is -0.264. The van der Waals surface area contributed by atoms with Crippen LogP contribution in [0.1, 0.15) is 6.92 Å². The number of hydrogen-bond acceptors (Lipinski definition) is 3. The van der Waals surface area contributed by atoms with Gasteiger partial charge in [-0.25, -0.2) is 12.8 Å². The van der Waals surface area contributed by atoms with Gasteiger partial charge in [-0.3, -0.25) is 0 Å². The summed E-state index contributed by atoms with van der Waals surface area (Å²) in [5.74, 6) is -0.727. The summed E-state index contributed by atoms with van der Waals surface area (Å²) in [5.41, 5.74) is 0. The summed E-state index contributed by atoms with van der Waals surface area (Å²) in [6.45, 7) is 3.33. The zero-order valence-electron chi connectivity index (χ0n) is 10.3. The highest BCUT2D eigenvalue weighted by Crippen LogP contribution is 2.24. The van der Waals surface area contributed by atoms with Gasteiger partial charge in [0.15, 0.2) is 0 Å². The van der Waals surface area contributed by atoms with Gasteiger partial charge in [-0.2, -0.15) is 4.31 Å². The van der Waals surface area contributed by atoms with Crippen LogP contribution in [0.25, 0.3) is 0 Å². The molecule has 2 rings (SSSR count). The van der Waals surface area contributed by atoms with Crippen LogP contribution in [-0.2, 0) is 10.0 Å². The number of rotatable bonds is 2. The van der Waals surface area contributed by atoms with E-state index < -0.39 is 15.8 Å². The summed E-state index contributed by atoms with van der Waals surface area (Å²) >= 11 is 3.11. The quantitative estimate of drug-likeness (QED) is 0.862. The Morgan fingerprint density at radius 3 is 2.74 bits per heavy atom. The molecule has 1 N–H and O–H groups in total. The van der Waals surface area contributed by atoms with Crippen molar-refractivity contribution in [1.29, 1.82) is 0 Å². The topological polar surface area (TPSA) is 49.4 Å². The molecule has 0 radical (unpaired) electrons. The lowest BCUT2D eigenvalue weighted by atomic mass is 10.3. The van der Waals surface area contributed by atoms with E-state index in [0.717, 1.165) is 0 Å². The molecule has 1 aromatic carbocycles. The van der Waals surface area contributed by atoms with Crippen LogP contribution >= 0.6 is 28.3 Å². The Hall–Kier alpha value is -0.210. The van der Waals surface area contributed by atoms with Crippen LogP contribution in [0.5, 0.6) is 0 Å². The molecule has 0 aromatic heterocycles. The van der Waals surface area contributed by atoms with Gasteiger partial charge < -0.3 is 5.32 Å². The van der Waals surface area contributed by atoms with Crippen molar-refractivity contribution < 1.29 is 12.8 Å². The zero-order chi connectivity index (χ0) is 13.3. The van der Waals surface area contributed by atoms with E-state index in [1.807, 2.05) is 0 Å². The van der Waals surface area contributed by atoms with Crippen LogP contribution < -0.4 is 5.32 Å². The molecule has 0 aliphatic carbocycles. The Labute approximate surface area is 127 Å². The Kier molecular flexibility index (Phi) is 5.76. The van der Waals surface area contributed by atoms with Crippen molar-refractivity contribution in [1.82, 2.24) is 9.62 Å². The third-order valence-corrected chi connectivity index (χ3v) is 5.46. The summed E-state index contributed by atoms with van der Waals surface area (Å²) in [6, 6.07) is 3.82. The van der Waals surface area contributed by atoms with Gasteiger partial charge in [0, 0.05) is 30.1 Å². The Balaban J connectivity index is 0.00000180. The lowest BCUT2D eigenvalue weighted by Crippen LogP contribution is -2.52. The first-order chi connectivity index (χ1) is 8.43. The molecular weight excluding hydrogens is 359 g/mol. The van der Waals surface area contributed by atoms with Crippen molar-refractivity contribution in [2.45, 2.75) is 17.9 Å². The van der Waals surface area contributed by atoms with E-state index in [9.17, 15) is 12.8 Å². The molecule has 1 atom stereocenters. The molecule has 108 valence electrons. The fraction of sp³-hybridized carbons (Fsp3) is 0.455. The number of halogens is 3. The van der Waals surface area contributed by atoms with E-state index in [2.05, 4.69) is 21.2 Å². The van der Waals surface area contributed by atoms with E-state index in [1.165, 1.54) is 22.5 Å². The molecule has 8 heteroatoms. The first-order valence-corrected chi connectivity index (χ1v) is 7.84. The summed E-state index contributed by atoms with van der Waals surface area (Å²) in [7, 11) is -3.76. The maximum Gasteiger partial charge on any atom is 0.246 e. The fourth-order valence-electron chi connectivity index (χ4n) is 1.99. The van der Waals surface area contributed by atoms with Gasteiger partial charge in [-0.1, -0.05) is 15.9 Å². The van der Waals surface area contributed by atoms with Gasteiger partial charge in [-0.05, 0) is 25.1 Å². The van der Waals surface area contributed by atoms with Crippen molar-refractivity contribution in [3.05, 3.63) is 28.5 Å². The lowest BCUT2D eigenvalue weighted by molar-refractivity contribution is 0.283. The first kappa shape index (κ1) is 16.8. The number of sulfonamides is 1. The Morgan fingerprint density at radius 2 is 2.16 bits per heavy atom. The van der Waals surface area contributed by atoms with E-state index in [-0.39, 0.29) is 23.3 Å². The zero-order valence-corrected chi connectivity index (χ0v) is 13.5. The fourth-order valence-corrected chi connectivity index (χ4v) is 4.00. The third-order valence-electron chi connectivity index (χ3n) is 2.92. The minimum atomic E-state index is -3.76. The smallest absolute Gasteiger partial charge is 0.246 e. The molecule has 1 aliphatic heterocycles. The largest absolute Gasteiger partial charge is 0.314 e. The lowest BCUT2D eigenvalue weighted by Gasteiger charge is -2.32. The SMILES string of the molecule is C[C@H]1CNCCN1S(=O)(=O)c1ccc(Br)cc1F.Cl. The van der Waals surface area contributed by atoms with E-state index in [0.29, 0.717) is 24.1 Å². The minimum absolute atomic E-state index is 0. The first-order valence-electron chi connectivity index (χ1n) is 5.60. The number of benzene rings is 1. The van der Waals surface area contributed by atoms with Crippen LogP contribution in [0.2, 0.25) is 0 Å². The Bertz CT molecular complexity index is 556. The molecular formula is C11H15BrClFN2O2S. The average molecular weight is 374 g/mol. The highest BCUT2D eigenvalue weighted by molar-refractivity contribution is 9.10. The molecule has 0 saturated carbocycles. The van der Waals surface area contributed by atoms with Crippen molar-refractivity contribution in [3.63, 3.8) is 0 Å². The van der Waals surface area contributed by atoms with Gasteiger partial charge in [0.05, 0.1) is 0 Å². The molecule has 1 aromatic rings. The molecule has 0 amide bonds. The van der Waals surface area contributed by atoms with Crippen LogP contribution in [0.3, 0.4) is 0 Å². The van der Waals surface area contributed by atoms with Gasteiger partial charge in [0.1, 0.15) is 10.7 Å². The molecule has 1 aliphatic rings. The Morgan fingerprint density at radius 1 is 1.47 bits per heavy atom. The maximum atomic E-state index is 13.8. The standard InChI is InChI=1S/C11H14BrFN2O2S.ClH/c1-8-7-14-4-5-15(8)18(16,17)11-3-2-9(12)6-10(11)13;/h2-3,6,8,14H,4-5,7H2,1H3;1H/t8-;/m0./s1. The molecule has 1 saturated heterocycles. The number of nitrogens with zero attached hydrogens (tertiary/aromatic N) is 1. The average Bonchev–Trinajstić information content (AvgIpc) is 2.28. The number of nitrogens with one attached hydrogen (secondary N) is 1. The molecule has 4 nitrogen and oxygen atoms in total. The van der Waals surface area contributed by atoms with Crippen LogP contribution in [0.4, 0.5) is 4.39 Å². The molecule has 19 heavy (non-hydrogen) atoms. The van der Waals surface area contributed by atoms with Crippen molar-refractivity contribution in [2.75, 3.05) is 19.6 Å². The monoisotopic (exact) mass is 372 g/mol. The number of hydrogen-bond donors (Lipinski definition) is 1. The normalized spacial score (nSPS) is 20.9. The van der Waals surface area contributed by atoms with E-state index >= 15 is 0 Å². The van der Waals surface area contributed by atoms with Crippen LogP contribution in [0, 0.1) is 5.82 Å². The maximum absolute atomic E-state index is 13.8. The summed E-state index contributed by atoms with van der Waals surface area (Å²) in [6.07, 6.45) is 0. The van der Waals surface area contributed by atoms with Crippen molar-refractivity contribution in [3.8, 4) is 0 Å². The van der Waals surface area contributed by atoms with Crippen LogP contribution in [0.15, 0.2) is 27.6 Å². The molecule has 0 unspecified atom stereocenters. The second-order valence-corrected chi connectivity index (χ2v) is 7.02. The molecule has 0 spiro atoms. The predicted octanol–water partition coefficient (Wildman–Crippen LogP) is 1.99. The van der Waals surface area contributed by atoms with Gasteiger partial charge >= 0.3 is 0 Å². The van der Waals surface area contributed by atoms with Gasteiger partial charge in [0.25, 0.3) is 0 Å². The van der Waals surface area contributed by atoms with E-state index in [4.69, 9.17) is 0 Å². The second-order valence-electron chi connectivity index (χ2n) is 4.24. The third kappa shape index (κ3) is 3.46. The van der Waals surface area contributed by atoms with Crippen molar-refractivity contribution in [2.24, 2.45) is 0 Å². The van der Waals surface area contributed by atoms with E-state index in [1.54, 1.807) is 6.92 Å². The van der Waals surface area contributed by atoms with Crippen molar-refractivity contribution >= 4 is 38.4 Å². The second kappa shape index (κ2) is 6.49. The summed E-state index contributed by atoms with van der Waals surface area (Å²) in [5, 5.41) is 3.10. The molecule has 1 fully saturated rings. The summed E-state index contributed by atoms with van der Waals surface area (Å²) < 4.78 is 40.4. The molecule has 0 bridgehead atoms. The van der Waals surface area contributed by atoms with Gasteiger partial charge in [-0.15, -0.1) is 12.4 Å². The minimum Gasteiger partial charge on any atom is -0.314 e. The molecule has 1 heterocycles. The highest BCUT2D eigenvalue weighted by Gasteiger charge is 2.32. The van der Waals surface area contributed by atoms with Gasteiger partial charge in [0.2, 0.25) is 10.0 Å². The number of piperazine rings is 1. The van der Waals surface area contributed by atoms with Crippen LogP contribution in [-0.4, -0.2) is 38.4 Å². The highest BCUT2D eigenvalue weighted by atomic mass is 79.9. The predicted molar refractivity (Wildman–Crippen MR) is 77.6 cm³/mol.